The van der Waals surface area contributed by atoms with Crippen molar-refractivity contribution in [1.29, 1.82) is 0 Å². The van der Waals surface area contributed by atoms with E-state index in [1.807, 2.05) is 6.92 Å². The van der Waals surface area contributed by atoms with Gasteiger partial charge in [-0.3, -0.25) is 9.48 Å². The van der Waals surface area contributed by atoms with E-state index in [4.69, 9.17) is 10.8 Å². The summed E-state index contributed by atoms with van der Waals surface area (Å²) in [5, 5.41) is 15.5. The largest absolute Gasteiger partial charge is 0.480 e. The molecule has 4 N–H and O–H groups in total. The Morgan fingerprint density at radius 3 is 2.87 bits per heavy atom. The average molecular weight is 212 g/mol. The topological polar surface area (TPSA) is 93.2 Å². The Balaban J connectivity index is 2.82. The summed E-state index contributed by atoms with van der Waals surface area (Å²) in [6, 6.07) is 0. The molecule has 0 fully saturated rings. The summed E-state index contributed by atoms with van der Waals surface area (Å²) in [4.78, 5) is 10.4. The van der Waals surface area contributed by atoms with Crippen LogP contribution in [0.3, 0.4) is 0 Å². The van der Waals surface area contributed by atoms with Crippen LogP contribution in [0.2, 0.25) is 0 Å². The van der Waals surface area contributed by atoms with Crippen LogP contribution in [-0.2, 0) is 18.3 Å². The molecule has 0 spiro atoms. The van der Waals surface area contributed by atoms with Gasteiger partial charge < -0.3 is 16.2 Å². The maximum Gasteiger partial charge on any atom is 0.322 e. The summed E-state index contributed by atoms with van der Waals surface area (Å²) in [6.45, 7) is 1.88. The minimum absolute atomic E-state index is 0.157. The first-order valence-corrected chi connectivity index (χ1v) is 4.83. The van der Waals surface area contributed by atoms with Gasteiger partial charge in [0, 0.05) is 7.05 Å². The van der Waals surface area contributed by atoms with E-state index in [9.17, 15) is 4.79 Å². The third kappa shape index (κ3) is 2.61. The van der Waals surface area contributed by atoms with E-state index in [-0.39, 0.29) is 6.54 Å². The lowest BCUT2D eigenvalue weighted by atomic mass is 10.2. The molecule has 0 amide bonds. The number of carbonyl (C=O) groups is 1. The van der Waals surface area contributed by atoms with E-state index >= 15 is 0 Å². The molecule has 0 aliphatic heterocycles. The lowest BCUT2D eigenvalue weighted by Crippen LogP contribution is -2.15. The molecule has 1 aromatic heterocycles. The second-order valence-corrected chi connectivity index (χ2v) is 3.33. The summed E-state index contributed by atoms with van der Waals surface area (Å²) in [6.07, 6.45) is 1.76. The fraction of sp³-hybridized carbons (Fsp3) is 0.556. The number of nitrogens with one attached hydrogen (secondary N) is 1. The lowest BCUT2D eigenvalue weighted by molar-refractivity contribution is -0.134. The average Bonchev–Trinajstić information content (AvgIpc) is 2.40. The van der Waals surface area contributed by atoms with Crippen molar-refractivity contribution in [3.05, 3.63) is 5.69 Å². The smallest absolute Gasteiger partial charge is 0.322 e. The standard InChI is InChI=1S/C9H16N4O2/c1-3-4-6-8(10)9(13(2)12-6)11-5-7(14)15/h11H,3-5,10H2,1-2H3,(H,14,15). The molecular weight excluding hydrogens is 196 g/mol. The highest BCUT2D eigenvalue weighted by Crippen LogP contribution is 2.22. The van der Waals surface area contributed by atoms with E-state index in [1.165, 1.54) is 0 Å². The Labute approximate surface area is 88.1 Å². The molecule has 1 aromatic rings. The molecule has 0 unspecified atom stereocenters. The van der Waals surface area contributed by atoms with Crippen LogP contribution in [0.1, 0.15) is 19.0 Å². The zero-order valence-corrected chi connectivity index (χ0v) is 8.95. The number of aromatic nitrogens is 2. The molecule has 0 aliphatic carbocycles. The molecule has 0 atom stereocenters. The number of nitrogens with two attached hydrogens (primary N) is 1. The van der Waals surface area contributed by atoms with Crippen LogP contribution in [-0.4, -0.2) is 27.4 Å². The van der Waals surface area contributed by atoms with Crippen LogP contribution in [0.4, 0.5) is 11.5 Å². The van der Waals surface area contributed by atoms with Crippen molar-refractivity contribution in [2.45, 2.75) is 19.8 Å². The first-order chi connectivity index (χ1) is 7.06. The zero-order valence-electron chi connectivity index (χ0n) is 8.95. The quantitative estimate of drug-likeness (QED) is 0.659. The maximum atomic E-state index is 10.4. The van der Waals surface area contributed by atoms with Crippen LogP contribution in [0.15, 0.2) is 0 Å². The highest BCUT2D eigenvalue weighted by atomic mass is 16.4. The van der Waals surface area contributed by atoms with Crippen LogP contribution in [0.25, 0.3) is 0 Å². The van der Waals surface area contributed by atoms with Crippen molar-refractivity contribution in [3.8, 4) is 0 Å². The van der Waals surface area contributed by atoms with Gasteiger partial charge in [0.15, 0.2) is 0 Å². The Morgan fingerprint density at radius 1 is 1.67 bits per heavy atom. The van der Waals surface area contributed by atoms with E-state index < -0.39 is 5.97 Å². The van der Waals surface area contributed by atoms with Gasteiger partial charge in [0.2, 0.25) is 0 Å². The fourth-order valence-electron chi connectivity index (χ4n) is 1.39. The van der Waals surface area contributed by atoms with E-state index in [2.05, 4.69) is 10.4 Å². The predicted octanol–water partition coefficient (Wildman–Crippen LogP) is 0.451. The van der Waals surface area contributed by atoms with Crippen LogP contribution >= 0.6 is 0 Å². The van der Waals surface area contributed by atoms with Crippen molar-refractivity contribution in [2.24, 2.45) is 7.05 Å². The molecule has 0 saturated carbocycles. The molecule has 15 heavy (non-hydrogen) atoms. The molecule has 0 aromatic carbocycles. The maximum absolute atomic E-state index is 10.4. The molecule has 84 valence electrons. The van der Waals surface area contributed by atoms with Gasteiger partial charge in [-0.05, 0) is 6.42 Å². The minimum Gasteiger partial charge on any atom is -0.480 e. The Hall–Kier alpha value is -1.72. The molecule has 0 bridgehead atoms. The summed E-state index contributed by atoms with van der Waals surface area (Å²) in [5.74, 6) is -0.353. The first kappa shape index (κ1) is 11.4. The van der Waals surface area contributed by atoms with Gasteiger partial charge in [-0.1, -0.05) is 13.3 Å². The Kier molecular flexibility index (Phi) is 3.54. The van der Waals surface area contributed by atoms with E-state index in [1.54, 1.807) is 11.7 Å². The second-order valence-electron chi connectivity index (χ2n) is 3.33. The number of nitrogens with zero attached hydrogens (tertiary/aromatic N) is 2. The van der Waals surface area contributed by atoms with Gasteiger partial charge in [-0.2, -0.15) is 5.10 Å². The number of carboxylic acids is 1. The van der Waals surface area contributed by atoms with Crippen LogP contribution < -0.4 is 11.1 Å². The number of nitrogen functional groups attached to an aromatic ring is 1. The van der Waals surface area contributed by atoms with Crippen molar-refractivity contribution in [3.63, 3.8) is 0 Å². The van der Waals surface area contributed by atoms with Gasteiger partial charge in [-0.15, -0.1) is 0 Å². The van der Waals surface area contributed by atoms with Gasteiger partial charge in [0.05, 0.1) is 11.4 Å². The monoisotopic (exact) mass is 212 g/mol. The van der Waals surface area contributed by atoms with Gasteiger partial charge in [0.25, 0.3) is 0 Å². The minimum atomic E-state index is -0.923. The fourth-order valence-corrected chi connectivity index (χ4v) is 1.39. The number of rotatable bonds is 5. The van der Waals surface area contributed by atoms with E-state index in [0.29, 0.717) is 11.5 Å². The number of hydrogen-bond donors (Lipinski definition) is 3. The summed E-state index contributed by atoms with van der Waals surface area (Å²) in [7, 11) is 1.74. The van der Waals surface area contributed by atoms with Gasteiger partial charge in [-0.25, -0.2) is 0 Å². The normalized spacial score (nSPS) is 10.3. The summed E-state index contributed by atoms with van der Waals surface area (Å²) < 4.78 is 1.57. The van der Waals surface area contributed by atoms with Crippen molar-refractivity contribution >= 4 is 17.5 Å². The number of hydrogen-bond acceptors (Lipinski definition) is 4. The van der Waals surface area contributed by atoms with Crippen molar-refractivity contribution in [2.75, 3.05) is 17.6 Å². The summed E-state index contributed by atoms with van der Waals surface area (Å²) >= 11 is 0. The molecular formula is C9H16N4O2. The van der Waals surface area contributed by atoms with Crippen LogP contribution in [0.5, 0.6) is 0 Å². The predicted molar refractivity (Wildman–Crippen MR) is 57.7 cm³/mol. The lowest BCUT2D eigenvalue weighted by Gasteiger charge is -2.04. The molecule has 0 radical (unpaired) electrons. The molecule has 0 aliphatic rings. The Morgan fingerprint density at radius 2 is 2.33 bits per heavy atom. The third-order valence-electron chi connectivity index (χ3n) is 2.05. The molecule has 6 heteroatoms. The molecule has 1 heterocycles. The molecule has 6 nitrogen and oxygen atoms in total. The van der Waals surface area contributed by atoms with Crippen molar-refractivity contribution < 1.29 is 9.90 Å². The molecule has 1 rings (SSSR count). The van der Waals surface area contributed by atoms with Crippen molar-refractivity contribution in [1.82, 2.24) is 9.78 Å². The number of anilines is 2. The van der Waals surface area contributed by atoms with E-state index in [0.717, 1.165) is 18.5 Å². The SMILES string of the molecule is CCCc1nn(C)c(NCC(=O)O)c1N. The highest BCUT2D eigenvalue weighted by Gasteiger charge is 2.12. The molecule has 0 saturated heterocycles. The van der Waals surface area contributed by atoms with Gasteiger partial charge >= 0.3 is 5.97 Å². The Bertz CT molecular complexity index is 359. The van der Waals surface area contributed by atoms with Crippen LogP contribution in [0, 0.1) is 0 Å². The first-order valence-electron chi connectivity index (χ1n) is 4.83. The third-order valence-corrected chi connectivity index (χ3v) is 2.05. The zero-order chi connectivity index (χ0) is 11.4. The number of aryl methyl sites for hydroxylation is 2. The number of aliphatic carboxylic acids is 1. The summed E-state index contributed by atoms with van der Waals surface area (Å²) in [5.41, 5.74) is 7.19. The second kappa shape index (κ2) is 4.68. The van der Waals surface area contributed by atoms with Gasteiger partial charge in [0.1, 0.15) is 12.4 Å². The highest BCUT2D eigenvalue weighted by molar-refractivity contribution is 5.75. The number of carboxylic acid groups (broad SMARTS) is 1.